The molecule has 0 spiro atoms. The summed E-state index contributed by atoms with van der Waals surface area (Å²) in [6, 6.07) is 4.78. The second-order valence-corrected chi connectivity index (χ2v) is 8.33. The van der Waals surface area contributed by atoms with Gasteiger partial charge in [-0.05, 0) is 70.9 Å². The summed E-state index contributed by atoms with van der Waals surface area (Å²) in [6.07, 6.45) is 6.54. The van der Waals surface area contributed by atoms with Gasteiger partial charge in [-0.15, -0.1) is 0 Å². The molecule has 1 saturated carbocycles. The highest BCUT2D eigenvalue weighted by Crippen LogP contribution is 2.30. The summed E-state index contributed by atoms with van der Waals surface area (Å²) in [5, 5.41) is 3.68. The Kier molecular flexibility index (Phi) is 6.58. The number of hydrogen-bond acceptors (Lipinski definition) is 5. The highest BCUT2D eigenvalue weighted by atomic mass is 16.5. The van der Waals surface area contributed by atoms with Crippen LogP contribution in [0.4, 0.5) is 11.5 Å². The second kappa shape index (κ2) is 8.91. The van der Waals surface area contributed by atoms with E-state index < -0.39 is 0 Å². The first-order valence-corrected chi connectivity index (χ1v) is 10.3. The maximum absolute atomic E-state index is 11.0. The second-order valence-electron chi connectivity index (χ2n) is 8.33. The van der Waals surface area contributed by atoms with Crippen LogP contribution in [0.25, 0.3) is 0 Å². The van der Waals surface area contributed by atoms with Gasteiger partial charge in [-0.25, -0.2) is 4.98 Å². The molecule has 0 radical (unpaired) electrons. The Morgan fingerprint density at radius 3 is 2.48 bits per heavy atom. The van der Waals surface area contributed by atoms with Crippen molar-refractivity contribution in [3.05, 3.63) is 17.8 Å². The molecule has 2 heterocycles. The van der Waals surface area contributed by atoms with Crippen molar-refractivity contribution in [2.45, 2.75) is 77.5 Å². The van der Waals surface area contributed by atoms with Crippen molar-refractivity contribution >= 4 is 17.4 Å². The molecule has 2 unspecified atom stereocenters. The van der Waals surface area contributed by atoms with Crippen molar-refractivity contribution in [1.29, 1.82) is 0 Å². The van der Waals surface area contributed by atoms with E-state index in [2.05, 4.69) is 43.1 Å². The Bertz CT molecular complexity index is 633. The van der Waals surface area contributed by atoms with Crippen molar-refractivity contribution in [2.75, 3.05) is 23.3 Å². The number of primary amides is 1. The van der Waals surface area contributed by atoms with Crippen LogP contribution in [0.2, 0.25) is 0 Å². The molecule has 1 aromatic rings. The molecule has 0 bridgehead atoms. The van der Waals surface area contributed by atoms with Crippen molar-refractivity contribution < 1.29 is 9.53 Å². The van der Waals surface area contributed by atoms with Gasteiger partial charge in [0.05, 0.1) is 23.6 Å². The SMILES string of the molecule is Cc1nc(N2CC(C)OC(C)C2)ccc1NC1CCC(CCC(N)=O)CC1. The molecule has 1 aliphatic heterocycles. The van der Waals surface area contributed by atoms with E-state index in [1.807, 2.05) is 0 Å². The van der Waals surface area contributed by atoms with Gasteiger partial charge in [0.1, 0.15) is 5.82 Å². The first-order valence-electron chi connectivity index (χ1n) is 10.3. The van der Waals surface area contributed by atoms with Crippen molar-refractivity contribution in [1.82, 2.24) is 4.98 Å². The van der Waals surface area contributed by atoms with Crippen molar-refractivity contribution in [2.24, 2.45) is 11.7 Å². The standard InChI is InChI=1S/C21H34N4O2/c1-14-12-25(13-15(2)27-14)21-11-9-19(16(3)23-21)24-18-7-4-17(5-8-18)6-10-20(22)26/h9,11,14-15,17-18,24H,4-8,10,12-13H2,1-3H3,(H2,22,26). The third-order valence-electron chi connectivity index (χ3n) is 5.82. The molecule has 1 saturated heterocycles. The Labute approximate surface area is 162 Å². The maximum Gasteiger partial charge on any atom is 0.217 e. The van der Waals surface area contributed by atoms with Gasteiger partial charge >= 0.3 is 0 Å². The van der Waals surface area contributed by atoms with Gasteiger partial charge in [-0.3, -0.25) is 4.79 Å². The van der Waals surface area contributed by atoms with Gasteiger partial charge in [-0.2, -0.15) is 0 Å². The third-order valence-corrected chi connectivity index (χ3v) is 5.82. The Morgan fingerprint density at radius 1 is 1.22 bits per heavy atom. The molecule has 6 nitrogen and oxygen atoms in total. The highest BCUT2D eigenvalue weighted by molar-refractivity contribution is 5.73. The number of aromatic nitrogens is 1. The quantitative estimate of drug-likeness (QED) is 0.799. The number of carbonyl (C=O) groups is 1. The van der Waals surface area contributed by atoms with Crippen LogP contribution >= 0.6 is 0 Å². The molecule has 27 heavy (non-hydrogen) atoms. The van der Waals surface area contributed by atoms with Crippen LogP contribution in [0.15, 0.2) is 12.1 Å². The summed E-state index contributed by atoms with van der Waals surface area (Å²) in [5.41, 5.74) is 7.45. The average Bonchev–Trinajstić information content (AvgIpc) is 2.62. The smallest absolute Gasteiger partial charge is 0.217 e. The zero-order valence-electron chi connectivity index (χ0n) is 16.9. The van der Waals surface area contributed by atoms with Gasteiger partial charge in [0.25, 0.3) is 0 Å². The fourth-order valence-corrected chi connectivity index (χ4v) is 4.40. The minimum absolute atomic E-state index is 0.180. The molecular formula is C21H34N4O2. The lowest BCUT2D eigenvalue weighted by Crippen LogP contribution is -2.45. The summed E-state index contributed by atoms with van der Waals surface area (Å²) >= 11 is 0. The molecule has 3 rings (SSSR count). The number of morpholine rings is 1. The number of ether oxygens (including phenoxy) is 1. The lowest BCUT2D eigenvalue weighted by molar-refractivity contribution is -0.118. The summed E-state index contributed by atoms with van der Waals surface area (Å²) < 4.78 is 5.82. The Hall–Kier alpha value is -1.82. The number of nitrogens with two attached hydrogens (primary N) is 1. The molecule has 6 heteroatoms. The summed E-state index contributed by atoms with van der Waals surface area (Å²) in [6.45, 7) is 8.09. The van der Waals surface area contributed by atoms with E-state index in [4.69, 9.17) is 15.5 Å². The topological polar surface area (TPSA) is 80.5 Å². The number of rotatable bonds is 6. The largest absolute Gasteiger partial charge is 0.381 e. The van der Waals surface area contributed by atoms with Crippen LogP contribution in [-0.4, -0.2) is 42.2 Å². The van der Waals surface area contributed by atoms with Gasteiger partial charge in [-0.1, -0.05) is 0 Å². The van der Waals surface area contributed by atoms with E-state index in [0.29, 0.717) is 18.4 Å². The van der Waals surface area contributed by atoms with Crippen LogP contribution in [0.1, 0.15) is 58.1 Å². The first kappa shape index (κ1) is 19.9. The van der Waals surface area contributed by atoms with Crippen LogP contribution in [0.5, 0.6) is 0 Å². The monoisotopic (exact) mass is 374 g/mol. The Balaban J connectivity index is 1.53. The number of nitrogens with one attached hydrogen (secondary N) is 1. The average molecular weight is 375 g/mol. The van der Waals surface area contributed by atoms with E-state index in [-0.39, 0.29) is 18.1 Å². The molecule has 2 atom stereocenters. The van der Waals surface area contributed by atoms with E-state index >= 15 is 0 Å². The molecule has 2 aliphatic rings. The lowest BCUT2D eigenvalue weighted by atomic mass is 9.83. The number of amides is 1. The summed E-state index contributed by atoms with van der Waals surface area (Å²) in [5.74, 6) is 1.50. The van der Waals surface area contributed by atoms with E-state index in [0.717, 1.165) is 49.6 Å². The minimum atomic E-state index is -0.180. The normalized spacial score (nSPS) is 28.8. The molecule has 1 aromatic heterocycles. The molecule has 1 amide bonds. The fourth-order valence-electron chi connectivity index (χ4n) is 4.40. The Morgan fingerprint density at radius 2 is 1.89 bits per heavy atom. The van der Waals surface area contributed by atoms with Crippen LogP contribution in [-0.2, 0) is 9.53 Å². The third kappa shape index (κ3) is 5.58. The molecule has 1 aliphatic carbocycles. The van der Waals surface area contributed by atoms with Gasteiger partial charge in [0, 0.05) is 25.6 Å². The molecule has 150 valence electrons. The number of carbonyl (C=O) groups excluding carboxylic acids is 1. The van der Waals surface area contributed by atoms with Crippen LogP contribution in [0, 0.1) is 12.8 Å². The van der Waals surface area contributed by atoms with E-state index in [1.54, 1.807) is 0 Å². The van der Waals surface area contributed by atoms with Crippen LogP contribution in [0.3, 0.4) is 0 Å². The number of hydrogen-bond donors (Lipinski definition) is 2. The lowest BCUT2D eigenvalue weighted by Gasteiger charge is -2.36. The predicted molar refractivity (Wildman–Crippen MR) is 109 cm³/mol. The number of nitrogens with zero attached hydrogens (tertiary/aromatic N) is 2. The molecule has 3 N–H and O–H groups in total. The van der Waals surface area contributed by atoms with Crippen molar-refractivity contribution in [3.63, 3.8) is 0 Å². The zero-order chi connectivity index (χ0) is 19.4. The molecular weight excluding hydrogens is 340 g/mol. The number of pyridine rings is 1. The number of anilines is 2. The number of aryl methyl sites for hydroxylation is 1. The van der Waals surface area contributed by atoms with Gasteiger partial charge in [0.15, 0.2) is 0 Å². The molecule has 0 aromatic carbocycles. The maximum atomic E-state index is 11.0. The van der Waals surface area contributed by atoms with Gasteiger partial charge < -0.3 is 20.7 Å². The summed E-state index contributed by atoms with van der Waals surface area (Å²) in [4.78, 5) is 18.1. The van der Waals surface area contributed by atoms with E-state index in [1.165, 1.54) is 12.8 Å². The van der Waals surface area contributed by atoms with Gasteiger partial charge in [0.2, 0.25) is 5.91 Å². The summed E-state index contributed by atoms with van der Waals surface area (Å²) in [7, 11) is 0. The van der Waals surface area contributed by atoms with Crippen molar-refractivity contribution in [3.8, 4) is 0 Å². The zero-order valence-corrected chi connectivity index (χ0v) is 16.9. The molecule has 2 fully saturated rings. The highest BCUT2D eigenvalue weighted by Gasteiger charge is 2.24. The van der Waals surface area contributed by atoms with Crippen LogP contribution < -0.4 is 16.0 Å². The van der Waals surface area contributed by atoms with E-state index in [9.17, 15) is 4.79 Å². The predicted octanol–water partition coefficient (Wildman–Crippen LogP) is 3.24. The first-order chi connectivity index (χ1) is 12.9. The minimum Gasteiger partial charge on any atom is -0.381 e. The fraction of sp³-hybridized carbons (Fsp3) is 0.714.